The van der Waals surface area contributed by atoms with Crippen LogP contribution < -0.4 is 5.32 Å². The van der Waals surface area contributed by atoms with Crippen molar-refractivity contribution in [2.24, 2.45) is 18.0 Å². The lowest BCUT2D eigenvalue weighted by molar-refractivity contribution is -0.272. The number of nitrogens with zero attached hydrogens (tertiary/aromatic N) is 4. The van der Waals surface area contributed by atoms with Crippen LogP contribution >= 0.6 is 0 Å². The molecule has 1 fully saturated rings. The third-order valence-corrected chi connectivity index (χ3v) is 5.10. The first kappa shape index (κ1) is 24.4. The van der Waals surface area contributed by atoms with E-state index in [-0.39, 0.29) is 6.54 Å². The highest BCUT2D eigenvalue weighted by atomic mass is 19.4. The summed E-state index contributed by atoms with van der Waals surface area (Å²) in [5.41, 5.74) is -3.06. The number of aromatic nitrogens is 2. The summed E-state index contributed by atoms with van der Waals surface area (Å²) in [6.07, 6.45) is -1.96. The SMILES string of the molecule is CCNC(=NCCC(O)(c1nccn1C)C(F)(F)F)N1CCC(COCCOC)C1. The molecule has 0 radical (unpaired) electrons. The molecule has 11 heteroatoms. The van der Waals surface area contributed by atoms with Crippen LogP contribution in [0.15, 0.2) is 17.4 Å². The molecule has 0 amide bonds. The van der Waals surface area contributed by atoms with Gasteiger partial charge in [-0.05, 0) is 13.3 Å². The molecule has 30 heavy (non-hydrogen) atoms. The van der Waals surface area contributed by atoms with Crippen LogP contribution in [0.25, 0.3) is 0 Å². The van der Waals surface area contributed by atoms with Crippen molar-refractivity contribution in [3.8, 4) is 0 Å². The van der Waals surface area contributed by atoms with Gasteiger partial charge in [-0.25, -0.2) is 4.98 Å². The lowest BCUT2D eigenvalue weighted by Gasteiger charge is -2.29. The summed E-state index contributed by atoms with van der Waals surface area (Å²) in [7, 11) is 3.04. The number of aliphatic hydroxyl groups is 1. The van der Waals surface area contributed by atoms with Crippen LogP contribution in [0.2, 0.25) is 0 Å². The molecule has 2 heterocycles. The van der Waals surface area contributed by atoms with Crippen LogP contribution in [-0.2, 0) is 22.1 Å². The zero-order valence-corrected chi connectivity index (χ0v) is 17.8. The average Bonchev–Trinajstić information content (AvgIpc) is 3.33. The Bertz CT molecular complexity index is 683. The Kier molecular flexibility index (Phi) is 8.92. The molecule has 1 aliphatic rings. The van der Waals surface area contributed by atoms with E-state index in [9.17, 15) is 18.3 Å². The van der Waals surface area contributed by atoms with E-state index in [2.05, 4.69) is 15.3 Å². The topological polar surface area (TPSA) is 84.1 Å². The Morgan fingerprint density at radius 3 is 2.77 bits per heavy atom. The Labute approximate surface area is 175 Å². The van der Waals surface area contributed by atoms with E-state index in [0.717, 1.165) is 13.0 Å². The van der Waals surface area contributed by atoms with Gasteiger partial charge in [-0.1, -0.05) is 0 Å². The van der Waals surface area contributed by atoms with E-state index in [4.69, 9.17) is 9.47 Å². The van der Waals surface area contributed by atoms with Crippen LogP contribution in [0.4, 0.5) is 13.2 Å². The van der Waals surface area contributed by atoms with Gasteiger partial charge in [0.05, 0.1) is 19.8 Å². The van der Waals surface area contributed by atoms with Crippen molar-refractivity contribution in [2.45, 2.75) is 31.5 Å². The third kappa shape index (κ3) is 6.08. The van der Waals surface area contributed by atoms with Gasteiger partial charge in [0, 0.05) is 65.1 Å². The number of methoxy groups -OCH3 is 1. The standard InChI is InChI=1S/C19H32F3N5O3/c1-4-23-17(27-9-5-15(13-27)14-30-12-11-29-3)25-7-6-18(28,19(20,21)22)16-24-8-10-26(16)2/h8,10,15,28H,4-7,9,11-14H2,1-3H3,(H,23,25). The molecule has 2 rings (SSSR count). The fraction of sp³-hybridized carbons (Fsp3) is 0.789. The summed E-state index contributed by atoms with van der Waals surface area (Å²) in [6, 6.07) is 0. The molecule has 0 bridgehead atoms. The van der Waals surface area contributed by atoms with Gasteiger partial charge in [-0.2, -0.15) is 13.2 Å². The van der Waals surface area contributed by atoms with Gasteiger partial charge in [0.25, 0.3) is 0 Å². The fourth-order valence-electron chi connectivity index (χ4n) is 3.45. The number of halogens is 3. The number of ether oxygens (including phenoxy) is 2. The molecule has 0 spiro atoms. The summed E-state index contributed by atoms with van der Waals surface area (Å²) in [5.74, 6) is 0.427. The van der Waals surface area contributed by atoms with Crippen LogP contribution in [0.1, 0.15) is 25.6 Å². The highest BCUT2D eigenvalue weighted by Crippen LogP contribution is 2.40. The van der Waals surface area contributed by atoms with Crippen molar-refractivity contribution >= 4 is 5.96 Å². The van der Waals surface area contributed by atoms with Crippen LogP contribution in [0, 0.1) is 5.92 Å². The van der Waals surface area contributed by atoms with Crippen molar-refractivity contribution in [3.05, 3.63) is 18.2 Å². The number of rotatable bonds is 10. The van der Waals surface area contributed by atoms with E-state index in [1.54, 1.807) is 7.11 Å². The molecule has 0 aromatic carbocycles. The number of nitrogens with one attached hydrogen (secondary N) is 1. The molecule has 2 atom stereocenters. The smallest absolute Gasteiger partial charge is 0.382 e. The van der Waals surface area contributed by atoms with E-state index < -0.39 is 24.0 Å². The molecule has 1 aromatic heterocycles. The van der Waals surface area contributed by atoms with Crippen molar-refractivity contribution in [2.75, 3.05) is 53.1 Å². The number of hydrogen-bond acceptors (Lipinski definition) is 5. The molecule has 1 saturated heterocycles. The molecule has 0 aliphatic carbocycles. The first-order valence-corrected chi connectivity index (χ1v) is 10.1. The normalized spacial score (nSPS) is 19.9. The van der Waals surface area contributed by atoms with E-state index in [0.29, 0.717) is 44.8 Å². The molecular formula is C19H32F3N5O3. The summed E-state index contributed by atoms with van der Waals surface area (Å²) in [4.78, 5) is 10.1. The number of aliphatic imine (C=N–C) groups is 1. The van der Waals surface area contributed by atoms with Gasteiger partial charge >= 0.3 is 6.18 Å². The molecule has 1 aromatic rings. The highest BCUT2D eigenvalue weighted by Gasteiger charge is 2.57. The lowest BCUT2D eigenvalue weighted by Crippen LogP contribution is -2.45. The second kappa shape index (κ2) is 11.0. The zero-order chi connectivity index (χ0) is 22.2. The Hall–Kier alpha value is -1.85. The number of hydrogen-bond donors (Lipinski definition) is 2. The van der Waals surface area contributed by atoms with Crippen molar-refractivity contribution in [1.82, 2.24) is 19.8 Å². The largest absolute Gasteiger partial charge is 0.424 e. The third-order valence-electron chi connectivity index (χ3n) is 5.10. The van der Waals surface area contributed by atoms with Gasteiger partial charge in [0.1, 0.15) is 5.82 Å². The molecule has 1 aliphatic heterocycles. The molecular weight excluding hydrogens is 403 g/mol. The quantitative estimate of drug-likeness (QED) is 0.329. The van der Waals surface area contributed by atoms with Crippen molar-refractivity contribution < 1.29 is 27.8 Å². The summed E-state index contributed by atoms with van der Waals surface area (Å²) < 4.78 is 52.7. The highest BCUT2D eigenvalue weighted by molar-refractivity contribution is 5.80. The summed E-state index contributed by atoms with van der Waals surface area (Å²) >= 11 is 0. The first-order valence-electron chi connectivity index (χ1n) is 10.1. The predicted molar refractivity (Wildman–Crippen MR) is 106 cm³/mol. The summed E-state index contributed by atoms with van der Waals surface area (Å²) in [6.45, 7) is 5.42. The zero-order valence-electron chi connectivity index (χ0n) is 17.8. The predicted octanol–water partition coefficient (Wildman–Crippen LogP) is 1.51. The van der Waals surface area contributed by atoms with Crippen LogP contribution in [-0.4, -0.2) is 84.8 Å². The van der Waals surface area contributed by atoms with Gasteiger partial charge in [-0.15, -0.1) is 0 Å². The minimum Gasteiger partial charge on any atom is -0.382 e. The minimum atomic E-state index is -4.86. The van der Waals surface area contributed by atoms with Gasteiger partial charge in [0.15, 0.2) is 5.96 Å². The number of imidazole rings is 1. The maximum atomic E-state index is 13.6. The lowest BCUT2D eigenvalue weighted by atomic mass is 9.98. The summed E-state index contributed by atoms with van der Waals surface area (Å²) in [5, 5.41) is 13.6. The second-order valence-electron chi connectivity index (χ2n) is 7.37. The molecule has 2 N–H and O–H groups in total. The van der Waals surface area contributed by atoms with E-state index >= 15 is 0 Å². The Morgan fingerprint density at radius 1 is 1.40 bits per heavy atom. The van der Waals surface area contributed by atoms with Crippen molar-refractivity contribution in [3.63, 3.8) is 0 Å². The van der Waals surface area contributed by atoms with Crippen molar-refractivity contribution in [1.29, 1.82) is 0 Å². The average molecular weight is 435 g/mol. The van der Waals surface area contributed by atoms with E-state index in [1.165, 1.54) is 24.0 Å². The van der Waals surface area contributed by atoms with Crippen LogP contribution in [0.3, 0.4) is 0 Å². The second-order valence-corrected chi connectivity index (χ2v) is 7.37. The minimum absolute atomic E-state index is 0.198. The fourth-order valence-corrected chi connectivity index (χ4v) is 3.45. The molecule has 172 valence electrons. The molecule has 0 saturated carbocycles. The van der Waals surface area contributed by atoms with Gasteiger partial charge < -0.3 is 29.4 Å². The maximum Gasteiger partial charge on any atom is 0.424 e. The number of guanidine groups is 1. The molecule has 8 nitrogen and oxygen atoms in total. The number of alkyl halides is 3. The monoisotopic (exact) mass is 435 g/mol. The number of aryl methyl sites for hydroxylation is 1. The Morgan fingerprint density at radius 2 is 2.17 bits per heavy atom. The Balaban J connectivity index is 2.01. The van der Waals surface area contributed by atoms with E-state index in [1.807, 2.05) is 11.8 Å². The van der Waals surface area contributed by atoms with Gasteiger partial charge in [0.2, 0.25) is 5.60 Å². The van der Waals surface area contributed by atoms with Gasteiger partial charge in [-0.3, -0.25) is 4.99 Å². The maximum absolute atomic E-state index is 13.6. The number of likely N-dealkylation sites (tertiary alicyclic amines) is 1. The van der Waals surface area contributed by atoms with Crippen LogP contribution in [0.5, 0.6) is 0 Å². The first-order chi connectivity index (χ1) is 14.2. The molecule has 2 unspecified atom stereocenters.